The Balaban J connectivity index is 1.26. The van der Waals surface area contributed by atoms with Gasteiger partial charge in [0.1, 0.15) is 5.82 Å². The number of hydrogen-bond acceptors (Lipinski definition) is 5. The van der Waals surface area contributed by atoms with E-state index in [1.54, 1.807) is 0 Å². The molecule has 0 aliphatic carbocycles. The fraction of sp³-hybridized carbons (Fsp3) is 0.357. The van der Waals surface area contributed by atoms with Gasteiger partial charge >= 0.3 is 0 Å². The molecule has 6 rings (SSSR count). The maximum absolute atomic E-state index is 13.2. The third-order valence-corrected chi connectivity index (χ3v) is 7.32. The number of fused-ring (bicyclic) bond motifs is 2. The van der Waals surface area contributed by atoms with Gasteiger partial charge in [-0.05, 0) is 73.2 Å². The summed E-state index contributed by atoms with van der Waals surface area (Å²) in [4.78, 5) is 31.5. The predicted octanol–water partition coefficient (Wildman–Crippen LogP) is 4.00. The number of piperidine rings is 1. The van der Waals surface area contributed by atoms with Crippen molar-refractivity contribution >= 4 is 17.4 Å². The van der Waals surface area contributed by atoms with Gasteiger partial charge in [0.05, 0.1) is 18.7 Å². The molecule has 1 amide bonds. The van der Waals surface area contributed by atoms with Crippen molar-refractivity contribution in [3.8, 4) is 0 Å². The standard InChI is InChI=1S/C28H29N5O/c1-18-5-6-26(30-14-18)32-9-3-4-24(17-32)33-16-23-12-25-22(11-21(23)13-27(33)34)15-31-28(25)20-7-8-29-19(2)10-20/h5-8,10-12,14,24H,3-4,9,13,15-17H2,1-2H3/t24-/m1/s1. The zero-order valence-corrected chi connectivity index (χ0v) is 19.8. The first kappa shape index (κ1) is 21.0. The first-order chi connectivity index (χ1) is 16.5. The quantitative estimate of drug-likeness (QED) is 0.604. The smallest absolute Gasteiger partial charge is 0.227 e. The molecule has 6 nitrogen and oxygen atoms in total. The van der Waals surface area contributed by atoms with Crippen LogP contribution in [0.15, 0.2) is 53.8 Å². The van der Waals surface area contributed by atoms with E-state index in [-0.39, 0.29) is 11.9 Å². The second-order valence-corrected chi connectivity index (χ2v) is 9.76. The van der Waals surface area contributed by atoms with Gasteiger partial charge in [0.15, 0.2) is 0 Å². The molecule has 3 aliphatic heterocycles. The number of nitrogens with zero attached hydrogens (tertiary/aromatic N) is 5. The number of aromatic nitrogens is 2. The summed E-state index contributed by atoms with van der Waals surface area (Å²) in [6.45, 7) is 7.25. The maximum Gasteiger partial charge on any atom is 0.227 e. The third-order valence-electron chi connectivity index (χ3n) is 7.32. The Hall–Kier alpha value is -3.54. The van der Waals surface area contributed by atoms with E-state index in [9.17, 15) is 4.79 Å². The fourth-order valence-electron chi connectivity index (χ4n) is 5.53. The van der Waals surface area contributed by atoms with Gasteiger partial charge in [-0.3, -0.25) is 14.8 Å². The van der Waals surface area contributed by atoms with Crippen molar-refractivity contribution in [2.75, 3.05) is 18.0 Å². The summed E-state index contributed by atoms with van der Waals surface area (Å²) in [5, 5.41) is 0. The van der Waals surface area contributed by atoms with E-state index in [2.05, 4.69) is 57.0 Å². The maximum atomic E-state index is 13.2. The molecule has 0 saturated carbocycles. The molecule has 0 spiro atoms. The van der Waals surface area contributed by atoms with Crippen molar-refractivity contribution in [2.45, 2.75) is 52.2 Å². The average Bonchev–Trinajstić information content (AvgIpc) is 3.25. The second-order valence-electron chi connectivity index (χ2n) is 9.76. The second kappa shape index (κ2) is 8.35. The average molecular weight is 452 g/mol. The Bertz CT molecular complexity index is 1300. The molecule has 1 aromatic carbocycles. The van der Waals surface area contributed by atoms with Crippen LogP contribution in [-0.2, 0) is 24.3 Å². The lowest BCUT2D eigenvalue weighted by molar-refractivity contribution is -0.134. The molecule has 0 unspecified atom stereocenters. The van der Waals surface area contributed by atoms with Crippen molar-refractivity contribution in [1.82, 2.24) is 14.9 Å². The van der Waals surface area contributed by atoms with Crippen LogP contribution in [0.3, 0.4) is 0 Å². The molecule has 0 radical (unpaired) electrons. The highest BCUT2D eigenvalue weighted by Gasteiger charge is 2.33. The Morgan fingerprint density at radius 2 is 1.91 bits per heavy atom. The molecule has 34 heavy (non-hydrogen) atoms. The van der Waals surface area contributed by atoms with Gasteiger partial charge in [0.25, 0.3) is 0 Å². The van der Waals surface area contributed by atoms with E-state index >= 15 is 0 Å². The topological polar surface area (TPSA) is 61.7 Å². The number of anilines is 1. The van der Waals surface area contributed by atoms with Crippen LogP contribution in [-0.4, -0.2) is 45.6 Å². The van der Waals surface area contributed by atoms with Crippen LogP contribution in [0.4, 0.5) is 5.82 Å². The minimum absolute atomic E-state index is 0.210. The van der Waals surface area contributed by atoms with Gasteiger partial charge in [-0.15, -0.1) is 0 Å². The van der Waals surface area contributed by atoms with Crippen LogP contribution in [0, 0.1) is 13.8 Å². The van der Waals surface area contributed by atoms with E-state index in [1.165, 1.54) is 16.7 Å². The van der Waals surface area contributed by atoms with Crippen LogP contribution in [0.1, 0.15) is 51.9 Å². The van der Waals surface area contributed by atoms with Crippen molar-refractivity contribution in [2.24, 2.45) is 4.99 Å². The summed E-state index contributed by atoms with van der Waals surface area (Å²) < 4.78 is 0. The molecule has 6 heteroatoms. The van der Waals surface area contributed by atoms with Crippen molar-refractivity contribution < 1.29 is 4.79 Å². The Morgan fingerprint density at radius 1 is 1.00 bits per heavy atom. The number of hydrogen-bond donors (Lipinski definition) is 0. The van der Waals surface area contributed by atoms with Crippen molar-refractivity contribution in [3.05, 3.63) is 87.9 Å². The van der Waals surface area contributed by atoms with Crippen LogP contribution in [0.2, 0.25) is 0 Å². The molecule has 1 saturated heterocycles. The number of rotatable bonds is 3. The molecule has 1 atom stereocenters. The highest BCUT2D eigenvalue weighted by Crippen LogP contribution is 2.32. The molecule has 3 aliphatic rings. The van der Waals surface area contributed by atoms with Gasteiger partial charge in [0, 0.05) is 54.9 Å². The lowest BCUT2D eigenvalue weighted by Crippen LogP contribution is -2.52. The van der Waals surface area contributed by atoms with E-state index in [4.69, 9.17) is 4.99 Å². The lowest BCUT2D eigenvalue weighted by Gasteiger charge is -2.42. The Labute approximate surface area is 200 Å². The predicted molar refractivity (Wildman–Crippen MR) is 133 cm³/mol. The minimum atomic E-state index is 0.210. The molecule has 172 valence electrons. The number of benzene rings is 1. The number of amides is 1. The van der Waals surface area contributed by atoms with Gasteiger partial charge in [-0.2, -0.15) is 0 Å². The molecular weight excluding hydrogens is 422 g/mol. The summed E-state index contributed by atoms with van der Waals surface area (Å²) in [6, 6.07) is 13.0. The van der Waals surface area contributed by atoms with E-state index in [1.807, 2.05) is 25.4 Å². The van der Waals surface area contributed by atoms with E-state index in [0.29, 0.717) is 19.5 Å². The number of aliphatic imine (C=N–C) groups is 1. The van der Waals surface area contributed by atoms with Crippen LogP contribution < -0.4 is 4.90 Å². The Morgan fingerprint density at radius 3 is 2.74 bits per heavy atom. The summed E-state index contributed by atoms with van der Waals surface area (Å²) in [5.74, 6) is 1.24. The van der Waals surface area contributed by atoms with Crippen molar-refractivity contribution in [3.63, 3.8) is 0 Å². The lowest BCUT2D eigenvalue weighted by atomic mass is 9.90. The largest absolute Gasteiger partial charge is 0.355 e. The van der Waals surface area contributed by atoms with Crippen molar-refractivity contribution in [1.29, 1.82) is 0 Å². The van der Waals surface area contributed by atoms with Gasteiger partial charge in [-0.25, -0.2) is 4.98 Å². The SMILES string of the molecule is Cc1ccc(N2CCC[C@@H](N3Cc4cc5c(cc4CC3=O)CN=C5c3ccnc(C)c3)C2)nc1. The number of pyridine rings is 2. The van der Waals surface area contributed by atoms with E-state index in [0.717, 1.165) is 59.8 Å². The monoisotopic (exact) mass is 451 g/mol. The zero-order valence-electron chi connectivity index (χ0n) is 19.8. The molecule has 5 heterocycles. The highest BCUT2D eigenvalue weighted by atomic mass is 16.2. The van der Waals surface area contributed by atoms with Gasteiger partial charge in [-0.1, -0.05) is 12.1 Å². The van der Waals surface area contributed by atoms with Crippen LogP contribution >= 0.6 is 0 Å². The summed E-state index contributed by atoms with van der Waals surface area (Å²) in [7, 11) is 0. The molecule has 1 fully saturated rings. The highest BCUT2D eigenvalue weighted by molar-refractivity contribution is 6.15. The molecular formula is C28H29N5O. The Kier molecular flexibility index (Phi) is 5.16. The summed E-state index contributed by atoms with van der Waals surface area (Å²) >= 11 is 0. The van der Waals surface area contributed by atoms with Gasteiger partial charge < -0.3 is 9.80 Å². The summed E-state index contributed by atoms with van der Waals surface area (Å²) in [5.41, 5.74) is 9.15. The fourth-order valence-corrected chi connectivity index (χ4v) is 5.53. The van der Waals surface area contributed by atoms with Crippen LogP contribution in [0.5, 0.6) is 0 Å². The van der Waals surface area contributed by atoms with E-state index < -0.39 is 0 Å². The molecule has 0 bridgehead atoms. The number of carbonyl (C=O) groups is 1. The van der Waals surface area contributed by atoms with Crippen LogP contribution in [0.25, 0.3) is 0 Å². The normalized spacial score (nSPS) is 19.6. The number of carbonyl (C=O) groups excluding carboxylic acids is 1. The summed E-state index contributed by atoms with van der Waals surface area (Å²) in [6.07, 6.45) is 6.36. The first-order valence-electron chi connectivity index (χ1n) is 12.1. The van der Waals surface area contributed by atoms with Gasteiger partial charge in [0.2, 0.25) is 5.91 Å². The molecule has 3 aromatic rings. The zero-order chi connectivity index (χ0) is 23.2. The number of aryl methyl sites for hydroxylation is 2. The third kappa shape index (κ3) is 3.77. The first-order valence-corrected chi connectivity index (χ1v) is 12.1. The molecule has 0 N–H and O–H groups in total. The molecule has 2 aromatic heterocycles. The minimum Gasteiger partial charge on any atom is -0.355 e.